The Morgan fingerprint density at radius 2 is 1.52 bits per heavy atom. The highest BCUT2D eigenvalue weighted by atomic mass is 16.5. The van der Waals surface area contributed by atoms with Crippen LogP contribution in [0.3, 0.4) is 0 Å². The Labute approximate surface area is 180 Å². The predicted octanol–water partition coefficient (Wildman–Crippen LogP) is 4.50. The second-order valence-corrected chi connectivity index (χ2v) is 7.15. The number of benzene rings is 3. The Morgan fingerprint density at radius 3 is 2.13 bits per heavy atom. The van der Waals surface area contributed by atoms with Crippen LogP contribution < -0.4 is 20.1 Å². The Morgan fingerprint density at radius 1 is 0.839 bits per heavy atom. The Kier molecular flexibility index (Phi) is 5.75. The minimum atomic E-state index is -0.292. The van der Waals surface area contributed by atoms with E-state index in [1.54, 1.807) is 54.5 Å². The van der Waals surface area contributed by atoms with E-state index < -0.39 is 0 Å². The van der Waals surface area contributed by atoms with Crippen molar-refractivity contribution in [2.24, 2.45) is 0 Å². The van der Waals surface area contributed by atoms with Crippen molar-refractivity contribution < 1.29 is 19.1 Å². The van der Waals surface area contributed by atoms with Crippen molar-refractivity contribution in [2.75, 3.05) is 24.9 Å². The van der Waals surface area contributed by atoms with Crippen LogP contribution in [0.5, 0.6) is 11.5 Å². The van der Waals surface area contributed by atoms with Crippen LogP contribution in [-0.4, -0.2) is 31.1 Å². The van der Waals surface area contributed by atoms with E-state index in [0.29, 0.717) is 41.5 Å². The summed E-state index contributed by atoms with van der Waals surface area (Å²) < 4.78 is 10.5. The maximum absolute atomic E-state index is 12.6. The van der Waals surface area contributed by atoms with E-state index in [1.807, 2.05) is 24.3 Å². The summed E-state index contributed by atoms with van der Waals surface area (Å²) in [6, 6.07) is 19.8. The summed E-state index contributed by atoms with van der Waals surface area (Å²) in [7, 11) is 3.09. The maximum atomic E-state index is 12.6. The van der Waals surface area contributed by atoms with E-state index in [2.05, 4.69) is 10.6 Å². The maximum Gasteiger partial charge on any atom is 0.322 e. The van der Waals surface area contributed by atoms with Crippen molar-refractivity contribution in [1.29, 1.82) is 0 Å². The van der Waals surface area contributed by atoms with Gasteiger partial charge in [0.1, 0.15) is 11.5 Å². The summed E-state index contributed by atoms with van der Waals surface area (Å²) in [6.45, 7) is 1.18. The molecule has 1 aliphatic heterocycles. The normalized spacial score (nSPS) is 12.1. The lowest BCUT2D eigenvalue weighted by molar-refractivity contribution is 0.102. The average Bonchev–Trinajstić information content (AvgIpc) is 3.24. The van der Waals surface area contributed by atoms with Crippen molar-refractivity contribution >= 4 is 23.3 Å². The van der Waals surface area contributed by atoms with Gasteiger partial charge in [0.25, 0.3) is 5.91 Å². The molecule has 3 amide bonds. The fraction of sp³-hybridized carbons (Fsp3) is 0.167. The van der Waals surface area contributed by atoms with Crippen LogP contribution in [-0.2, 0) is 13.1 Å². The molecule has 0 bridgehead atoms. The fourth-order valence-electron chi connectivity index (χ4n) is 3.49. The number of nitrogens with zero attached hydrogens (tertiary/aromatic N) is 1. The van der Waals surface area contributed by atoms with Crippen LogP contribution in [0, 0.1) is 0 Å². The van der Waals surface area contributed by atoms with Gasteiger partial charge in [-0.05, 0) is 47.5 Å². The molecule has 7 nitrogen and oxygen atoms in total. The van der Waals surface area contributed by atoms with E-state index in [0.717, 1.165) is 11.1 Å². The van der Waals surface area contributed by atoms with Crippen LogP contribution in [0.2, 0.25) is 0 Å². The van der Waals surface area contributed by atoms with E-state index in [-0.39, 0.29) is 11.9 Å². The summed E-state index contributed by atoms with van der Waals surface area (Å²) in [5.41, 5.74) is 3.92. The zero-order chi connectivity index (χ0) is 21.8. The number of urea groups is 1. The van der Waals surface area contributed by atoms with Crippen LogP contribution in [0.15, 0.2) is 66.7 Å². The molecular weight excluding hydrogens is 394 g/mol. The first-order valence-electron chi connectivity index (χ1n) is 9.83. The molecule has 0 unspecified atom stereocenters. The van der Waals surface area contributed by atoms with Gasteiger partial charge in [-0.3, -0.25) is 4.79 Å². The summed E-state index contributed by atoms with van der Waals surface area (Å²) in [4.78, 5) is 27.0. The third-order valence-corrected chi connectivity index (χ3v) is 5.18. The molecule has 0 saturated carbocycles. The number of ether oxygens (including phenoxy) is 2. The van der Waals surface area contributed by atoms with Crippen LogP contribution in [0.25, 0.3) is 0 Å². The van der Waals surface area contributed by atoms with Crippen molar-refractivity contribution in [2.45, 2.75) is 13.1 Å². The minimum Gasteiger partial charge on any atom is -0.497 e. The molecule has 0 aromatic heterocycles. The Bertz CT molecular complexity index is 1090. The van der Waals surface area contributed by atoms with Crippen molar-refractivity contribution in [3.63, 3.8) is 0 Å². The van der Waals surface area contributed by atoms with Gasteiger partial charge in [-0.2, -0.15) is 0 Å². The molecule has 4 rings (SSSR count). The summed E-state index contributed by atoms with van der Waals surface area (Å²) in [6.07, 6.45) is 0. The second kappa shape index (κ2) is 8.79. The molecule has 0 saturated heterocycles. The number of carbonyl (C=O) groups is 2. The van der Waals surface area contributed by atoms with Gasteiger partial charge in [0.2, 0.25) is 0 Å². The number of hydrogen-bond acceptors (Lipinski definition) is 4. The highest BCUT2D eigenvalue weighted by Gasteiger charge is 2.22. The first-order chi connectivity index (χ1) is 15.1. The lowest BCUT2D eigenvalue weighted by atomic mass is 10.1. The Balaban J connectivity index is 1.39. The monoisotopic (exact) mass is 417 g/mol. The largest absolute Gasteiger partial charge is 0.497 e. The molecule has 7 heteroatoms. The highest BCUT2D eigenvalue weighted by molar-refractivity contribution is 6.05. The summed E-state index contributed by atoms with van der Waals surface area (Å²) in [5.74, 6) is 0.849. The molecule has 31 heavy (non-hydrogen) atoms. The van der Waals surface area contributed by atoms with Gasteiger partial charge < -0.3 is 25.0 Å². The zero-order valence-electron chi connectivity index (χ0n) is 17.3. The van der Waals surface area contributed by atoms with Gasteiger partial charge in [-0.15, -0.1) is 0 Å². The van der Waals surface area contributed by atoms with Crippen molar-refractivity contribution in [3.05, 3.63) is 83.4 Å². The van der Waals surface area contributed by atoms with E-state index >= 15 is 0 Å². The quantitative estimate of drug-likeness (QED) is 0.640. The molecule has 0 fully saturated rings. The van der Waals surface area contributed by atoms with Crippen molar-refractivity contribution in [3.8, 4) is 11.5 Å². The molecule has 0 atom stereocenters. The third kappa shape index (κ3) is 4.45. The first-order valence-corrected chi connectivity index (χ1v) is 9.83. The van der Waals surface area contributed by atoms with E-state index in [9.17, 15) is 9.59 Å². The average molecular weight is 417 g/mol. The number of fused-ring (bicyclic) bond motifs is 1. The lowest BCUT2D eigenvalue weighted by Gasteiger charge is -2.16. The van der Waals surface area contributed by atoms with Crippen LogP contribution >= 0.6 is 0 Å². The number of rotatable bonds is 5. The number of nitrogens with one attached hydrogen (secondary N) is 2. The highest BCUT2D eigenvalue weighted by Crippen LogP contribution is 2.29. The van der Waals surface area contributed by atoms with Crippen LogP contribution in [0.4, 0.5) is 16.2 Å². The predicted molar refractivity (Wildman–Crippen MR) is 119 cm³/mol. The first kappa shape index (κ1) is 20.3. The molecule has 0 aliphatic carbocycles. The minimum absolute atomic E-state index is 0.172. The summed E-state index contributed by atoms with van der Waals surface area (Å²) >= 11 is 0. The fourth-order valence-corrected chi connectivity index (χ4v) is 3.49. The van der Waals surface area contributed by atoms with Gasteiger partial charge in [-0.25, -0.2) is 4.79 Å². The SMILES string of the molecule is COc1ccc(OC)c(NC(=O)c2ccc(NC(=O)N3Cc4ccccc4C3)cc2)c1. The van der Waals surface area contributed by atoms with Gasteiger partial charge in [-0.1, -0.05) is 24.3 Å². The molecule has 3 aromatic carbocycles. The second-order valence-electron chi connectivity index (χ2n) is 7.15. The zero-order valence-corrected chi connectivity index (χ0v) is 17.3. The molecule has 2 N–H and O–H groups in total. The topological polar surface area (TPSA) is 79.9 Å². The number of amides is 3. The number of carbonyl (C=O) groups excluding carboxylic acids is 2. The lowest BCUT2D eigenvalue weighted by Crippen LogP contribution is -2.30. The van der Waals surface area contributed by atoms with Gasteiger partial charge >= 0.3 is 6.03 Å². The molecule has 3 aromatic rings. The molecule has 158 valence electrons. The number of methoxy groups -OCH3 is 2. The molecular formula is C24H23N3O4. The van der Waals surface area contributed by atoms with Gasteiger partial charge in [0, 0.05) is 30.4 Å². The summed E-state index contributed by atoms with van der Waals surface area (Å²) in [5, 5.41) is 5.71. The molecule has 0 radical (unpaired) electrons. The standard InChI is InChI=1S/C24H23N3O4/c1-30-20-11-12-22(31-2)21(13-20)26-23(28)16-7-9-19(10-8-16)25-24(29)27-14-17-5-3-4-6-18(17)15-27/h3-13H,14-15H2,1-2H3,(H,25,29)(H,26,28). The number of hydrogen-bond donors (Lipinski definition) is 2. The molecule has 1 aliphatic rings. The molecule has 1 heterocycles. The van der Waals surface area contributed by atoms with E-state index in [4.69, 9.17) is 9.47 Å². The van der Waals surface area contributed by atoms with Crippen molar-refractivity contribution in [1.82, 2.24) is 4.90 Å². The van der Waals surface area contributed by atoms with Crippen LogP contribution in [0.1, 0.15) is 21.5 Å². The van der Waals surface area contributed by atoms with Gasteiger partial charge in [0.15, 0.2) is 0 Å². The number of anilines is 2. The smallest absolute Gasteiger partial charge is 0.322 e. The van der Waals surface area contributed by atoms with Gasteiger partial charge in [0.05, 0.1) is 19.9 Å². The van der Waals surface area contributed by atoms with E-state index in [1.165, 1.54) is 7.11 Å². The Hall–Kier alpha value is -4.00. The molecule has 0 spiro atoms. The third-order valence-electron chi connectivity index (χ3n) is 5.18.